The zero-order chi connectivity index (χ0) is 7.68. The van der Waals surface area contributed by atoms with E-state index < -0.39 is 0 Å². The van der Waals surface area contributed by atoms with Crippen LogP contribution < -0.4 is 0 Å². The minimum atomic E-state index is -0.370. The highest BCUT2D eigenvalue weighted by atomic mass is 16.1. The minimum absolute atomic E-state index is 0.178. The van der Waals surface area contributed by atoms with Gasteiger partial charge in [0.15, 0.2) is 6.04 Å². The highest BCUT2D eigenvalue weighted by Gasteiger charge is 2.22. The molecule has 1 unspecified atom stereocenters. The van der Waals surface area contributed by atoms with Gasteiger partial charge < -0.3 is 0 Å². The number of fused-ring (bicyclic) bond motifs is 1. The first-order chi connectivity index (χ1) is 5.38. The fraction of sp³-hybridized carbons (Fsp3) is 0.125. The molecule has 1 atom stereocenters. The van der Waals surface area contributed by atoms with E-state index in [1.807, 2.05) is 12.2 Å². The van der Waals surface area contributed by atoms with Crippen molar-refractivity contribution in [2.75, 3.05) is 0 Å². The van der Waals surface area contributed by atoms with Gasteiger partial charge in [-0.05, 0) is 17.7 Å². The number of aliphatic imine (C=N–C) groups is 2. The maximum Gasteiger partial charge on any atom is 0.274 e. The second kappa shape index (κ2) is 2.27. The van der Waals surface area contributed by atoms with Crippen molar-refractivity contribution in [3.05, 3.63) is 23.8 Å². The lowest BCUT2D eigenvalue weighted by Gasteiger charge is -2.14. The van der Waals surface area contributed by atoms with Crippen LogP contribution >= 0.6 is 0 Å². The molecule has 0 aromatic heterocycles. The molecular formula is C8H6N2O. The summed E-state index contributed by atoms with van der Waals surface area (Å²) in [5.74, 6) is -0.178. The Balaban J connectivity index is 2.43. The maximum atomic E-state index is 11.0. The molecule has 0 bridgehead atoms. The van der Waals surface area contributed by atoms with Crippen LogP contribution in [0.25, 0.3) is 0 Å². The summed E-state index contributed by atoms with van der Waals surface area (Å²) in [5, 5.41) is 0. The Kier molecular flexibility index (Phi) is 1.28. The van der Waals surface area contributed by atoms with Gasteiger partial charge in [-0.2, -0.15) is 0 Å². The van der Waals surface area contributed by atoms with Gasteiger partial charge >= 0.3 is 0 Å². The first-order valence-corrected chi connectivity index (χ1v) is 3.36. The van der Waals surface area contributed by atoms with Crippen LogP contribution in [0.3, 0.4) is 0 Å². The molecule has 3 nitrogen and oxygen atoms in total. The van der Waals surface area contributed by atoms with Crippen LogP contribution in [0.15, 0.2) is 33.8 Å². The Morgan fingerprint density at radius 1 is 1.36 bits per heavy atom. The highest BCUT2D eigenvalue weighted by molar-refractivity contribution is 6.00. The highest BCUT2D eigenvalue weighted by Crippen LogP contribution is 2.15. The van der Waals surface area contributed by atoms with Crippen molar-refractivity contribution in [2.45, 2.75) is 6.04 Å². The van der Waals surface area contributed by atoms with Crippen molar-refractivity contribution in [3.8, 4) is 0 Å². The number of hydrogen-bond acceptors (Lipinski definition) is 2. The summed E-state index contributed by atoms with van der Waals surface area (Å²) in [4.78, 5) is 18.7. The summed E-state index contributed by atoms with van der Waals surface area (Å²) in [7, 11) is 0. The van der Waals surface area contributed by atoms with Gasteiger partial charge in [-0.3, -0.25) is 9.79 Å². The summed E-state index contributed by atoms with van der Waals surface area (Å²) in [6, 6.07) is -0.370. The van der Waals surface area contributed by atoms with Crippen LogP contribution in [0.4, 0.5) is 0 Å². The van der Waals surface area contributed by atoms with Crippen molar-refractivity contribution in [1.82, 2.24) is 0 Å². The van der Waals surface area contributed by atoms with Gasteiger partial charge in [0, 0.05) is 12.4 Å². The smallest absolute Gasteiger partial charge is 0.274 e. The Morgan fingerprint density at radius 2 is 2.27 bits per heavy atom. The predicted octanol–water partition coefficient (Wildman–Crippen LogP) is 0.533. The Labute approximate surface area is 63.9 Å². The van der Waals surface area contributed by atoms with Gasteiger partial charge in [0.2, 0.25) is 0 Å². The molecule has 0 radical (unpaired) electrons. The molecular weight excluding hydrogens is 140 g/mol. The van der Waals surface area contributed by atoms with E-state index in [0.717, 1.165) is 5.57 Å². The van der Waals surface area contributed by atoms with Gasteiger partial charge in [0.05, 0.1) is 0 Å². The van der Waals surface area contributed by atoms with Gasteiger partial charge in [0.1, 0.15) is 0 Å². The monoisotopic (exact) mass is 146 g/mol. The van der Waals surface area contributed by atoms with E-state index in [0.29, 0.717) is 0 Å². The van der Waals surface area contributed by atoms with E-state index in [4.69, 9.17) is 0 Å². The van der Waals surface area contributed by atoms with E-state index in [1.54, 1.807) is 12.3 Å². The van der Waals surface area contributed by atoms with E-state index >= 15 is 0 Å². The van der Waals surface area contributed by atoms with Crippen LogP contribution in [0.1, 0.15) is 0 Å². The lowest BCUT2D eigenvalue weighted by molar-refractivity contribution is -0.118. The van der Waals surface area contributed by atoms with Crippen molar-refractivity contribution in [3.63, 3.8) is 0 Å². The molecule has 1 amide bonds. The second-order valence-corrected chi connectivity index (χ2v) is 2.34. The summed E-state index contributed by atoms with van der Waals surface area (Å²) >= 11 is 0. The zero-order valence-corrected chi connectivity index (χ0v) is 5.77. The van der Waals surface area contributed by atoms with Gasteiger partial charge in [0.25, 0.3) is 5.91 Å². The molecule has 11 heavy (non-hydrogen) atoms. The lowest BCUT2D eigenvalue weighted by atomic mass is 10.0. The van der Waals surface area contributed by atoms with E-state index in [1.165, 1.54) is 6.21 Å². The molecule has 0 saturated heterocycles. The quantitative estimate of drug-likeness (QED) is 0.491. The number of rotatable bonds is 0. The standard InChI is InChI=1S/C8H6N2O/c11-8-7-6(3-5-10-8)2-1-4-9-7/h1-5,7H. The third-order valence-corrected chi connectivity index (χ3v) is 1.63. The first-order valence-electron chi connectivity index (χ1n) is 3.36. The van der Waals surface area contributed by atoms with Gasteiger partial charge in [-0.1, -0.05) is 6.08 Å². The number of carbonyl (C=O) groups excluding carboxylic acids is 1. The lowest BCUT2D eigenvalue weighted by Crippen LogP contribution is -2.23. The number of dihydropyridines is 2. The normalized spacial score (nSPS) is 26.7. The van der Waals surface area contributed by atoms with Crippen molar-refractivity contribution < 1.29 is 4.79 Å². The van der Waals surface area contributed by atoms with Gasteiger partial charge in [-0.15, -0.1) is 0 Å². The number of carbonyl (C=O) groups is 1. The van der Waals surface area contributed by atoms with Crippen LogP contribution in [0.5, 0.6) is 0 Å². The van der Waals surface area contributed by atoms with Gasteiger partial charge in [-0.25, -0.2) is 4.99 Å². The molecule has 0 N–H and O–H groups in total. The minimum Gasteiger partial charge on any atom is -0.275 e. The third-order valence-electron chi connectivity index (χ3n) is 1.63. The van der Waals surface area contributed by atoms with Crippen molar-refractivity contribution in [2.24, 2.45) is 9.98 Å². The topological polar surface area (TPSA) is 41.8 Å². The van der Waals surface area contributed by atoms with Crippen LogP contribution in [0, 0.1) is 0 Å². The maximum absolute atomic E-state index is 11.0. The van der Waals surface area contributed by atoms with E-state index in [9.17, 15) is 4.79 Å². The zero-order valence-electron chi connectivity index (χ0n) is 5.77. The van der Waals surface area contributed by atoms with Crippen LogP contribution in [-0.2, 0) is 4.79 Å². The van der Waals surface area contributed by atoms with E-state index in [2.05, 4.69) is 9.98 Å². The molecule has 0 aromatic carbocycles. The molecule has 0 spiro atoms. The summed E-state index contributed by atoms with van der Waals surface area (Å²) < 4.78 is 0. The van der Waals surface area contributed by atoms with Crippen LogP contribution in [-0.4, -0.2) is 24.4 Å². The third kappa shape index (κ3) is 0.941. The first kappa shape index (κ1) is 6.22. The number of amides is 1. The molecule has 2 aliphatic heterocycles. The fourth-order valence-electron chi connectivity index (χ4n) is 1.09. The fourth-order valence-corrected chi connectivity index (χ4v) is 1.09. The molecule has 0 saturated carbocycles. The Morgan fingerprint density at radius 3 is 3.09 bits per heavy atom. The average Bonchev–Trinajstić information content (AvgIpc) is 2.06. The summed E-state index contributed by atoms with van der Waals surface area (Å²) in [5.41, 5.74) is 0.924. The largest absolute Gasteiger partial charge is 0.275 e. The molecule has 0 aromatic rings. The molecule has 2 aliphatic rings. The SMILES string of the molecule is O=C1N=CC=C2C=CC=NC12. The second-order valence-electron chi connectivity index (χ2n) is 2.34. The summed E-state index contributed by atoms with van der Waals surface area (Å²) in [6.07, 6.45) is 8.63. The van der Waals surface area contributed by atoms with E-state index in [-0.39, 0.29) is 11.9 Å². The predicted molar refractivity (Wildman–Crippen MR) is 43.0 cm³/mol. The summed E-state index contributed by atoms with van der Waals surface area (Å²) in [6.45, 7) is 0. The Hall–Kier alpha value is -1.51. The van der Waals surface area contributed by atoms with Crippen molar-refractivity contribution >= 4 is 18.3 Å². The number of hydrogen-bond donors (Lipinski definition) is 0. The van der Waals surface area contributed by atoms with Crippen LogP contribution in [0.2, 0.25) is 0 Å². The average molecular weight is 146 g/mol. The van der Waals surface area contributed by atoms with Crippen molar-refractivity contribution in [1.29, 1.82) is 0 Å². The molecule has 3 heteroatoms. The molecule has 0 fully saturated rings. The molecule has 0 aliphatic carbocycles. The molecule has 54 valence electrons. The number of allylic oxidation sites excluding steroid dienone is 2. The Bertz CT molecular complexity index is 310. The number of nitrogens with zero attached hydrogens (tertiary/aromatic N) is 2. The molecule has 2 heterocycles. The molecule has 2 rings (SSSR count).